The summed E-state index contributed by atoms with van der Waals surface area (Å²) in [6.07, 6.45) is 0. The van der Waals surface area contributed by atoms with Gasteiger partial charge in [-0.1, -0.05) is 41.9 Å². The Morgan fingerprint density at radius 1 is 0.921 bits per heavy atom. The summed E-state index contributed by atoms with van der Waals surface area (Å²) in [4.78, 5) is 28.1. The predicted molar refractivity (Wildman–Crippen MR) is 149 cm³/mol. The Hall–Kier alpha value is -3.56. The molecule has 0 bridgehead atoms. The highest BCUT2D eigenvalue weighted by Crippen LogP contribution is 2.26. The molecule has 1 atom stereocenters. The number of para-hydroxylation sites is 1. The molecule has 38 heavy (non-hydrogen) atoms. The van der Waals surface area contributed by atoms with Gasteiger partial charge in [0.05, 0.1) is 17.7 Å². The molecule has 2 amide bonds. The fourth-order valence-electron chi connectivity index (χ4n) is 3.77. The van der Waals surface area contributed by atoms with Crippen LogP contribution in [0.15, 0.2) is 83.8 Å². The molecule has 1 N–H and O–H groups in total. The van der Waals surface area contributed by atoms with Crippen LogP contribution in [0.3, 0.4) is 0 Å². The lowest BCUT2D eigenvalue weighted by Crippen LogP contribution is -2.52. The third-order valence-corrected chi connectivity index (χ3v) is 7.87. The number of nitrogens with one attached hydrogen (secondary N) is 1. The Kier molecular flexibility index (Phi) is 9.77. The van der Waals surface area contributed by atoms with E-state index in [0.717, 1.165) is 9.87 Å². The van der Waals surface area contributed by atoms with E-state index in [9.17, 15) is 18.0 Å². The van der Waals surface area contributed by atoms with Crippen molar-refractivity contribution in [2.24, 2.45) is 0 Å². The molecule has 3 aromatic carbocycles. The van der Waals surface area contributed by atoms with Gasteiger partial charge in [-0.25, -0.2) is 8.42 Å². The molecule has 0 aliphatic carbocycles. The van der Waals surface area contributed by atoms with Crippen LogP contribution in [0.2, 0.25) is 5.02 Å². The molecule has 8 nitrogen and oxygen atoms in total. The second kappa shape index (κ2) is 12.8. The predicted octanol–water partition coefficient (Wildman–Crippen LogP) is 4.49. The number of benzene rings is 3. The Bertz CT molecular complexity index is 1330. The molecule has 0 aliphatic heterocycles. The van der Waals surface area contributed by atoms with Gasteiger partial charge in [-0.15, -0.1) is 0 Å². The topological polar surface area (TPSA) is 96.0 Å². The number of hydrogen-bond acceptors (Lipinski definition) is 5. The highest BCUT2D eigenvalue weighted by molar-refractivity contribution is 7.92. The first-order valence-corrected chi connectivity index (χ1v) is 13.9. The third-order valence-electron chi connectivity index (χ3n) is 5.83. The number of halogens is 1. The largest absolute Gasteiger partial charge is 0.497 e. The molecule has 202 valence electrons. The molecule has 0 saturated heterocycles. The van der Waals surface area contributed by atoms with Gasteiger partial charge < -0.3 is 15.0 Å². The lowest BCUT2D eigenvalue weighted by atomic mass is 10.1. The normalized spacial score (nSPS) is 12.1. The number of amides is 2. The van der Waals surface area contributed by atoms with Crippen LogP contribution in [0.4, 0.5) is 5.69 Å². The van der Waals surface area contributed by atoms with Crippen LogP contribution in [-0.2, 0) is 26.2 Å². The summed E-state index contributed by atoms with van der Waals surface area (Å²) in [5.74, 6) is -0.371. The molecule has 3 rings (SSSR count). The van der Waals surface area contributed by atoms with Crippen molar-refractivity contribution < 1.29 is 22.7 Å². The average molecular weight is 558 g/mol. The quantitative estimate of drug-likeness (QED) is 0.375. The zero-order valence-electron chi connectivity index (χ0n) is 21.8. The molecule has 0 heterocycles. The maximum atomic E-state index is 13.8. The molecule has 0 fully saturated rings. The number of carbonyl (C=O) groups is 2. The molecule has 0 spiro atoms. The summed E-state index contributed by atoms with van der Waals surface area (Å²) in [6.45, 7) is 4.86. The Morgan fingerprint density at radius 3 is 2.08 bits per heavy atom. The van der Waals surface area contributed by atoms with Gasteiger partial charge in [0.2, 0.25) is 11.8 Å². The molecule has 10 heteroatoms. The number of methoxy groups -OCH3 is 1. The van der Waals surface area contributed by atoms with Crippen molar-refractivity contribution in [3.8, 4) is 5.75 Å². The number of rotatable bonds is 11. The van der Waals surface area contributed by atoms with Crippen LogP contribution >= 0.6 is 11.6 Å². The van der Waals surface area contributed by atoms with Crippen LogP contribution in [0.25, 0.3) is 0 Å². The monoisotopic (exact) mass is 557 g/mol. The lowest BCUT2D eigenvalue weighted by Gasteiger charge is -2.32. The van der Waals surface area contributed by atoms with Gasteiger partial charge in [0.15, 0.2) is 0 Å². The van der Waals surface area contributed by atoms with E-state index in [1.807, 2.05) is 13.8 Å². The van der Waals surface area contributed by atoms with Gasteiger partial charge in [0, 0.05) is 17.6 Å². The van der Waals surface area contributed by atoms with Crippen molar-refractivity contribution in [3.05, 3.63) is 89.4 Å². The maximum Gasteiger partial charge on any atom is 0.264 e. The zero-order valence-corrected chi connectivity index (χ0v) is 23.4. The summed E-state index contributed by atoms with van der Waals surface area (Å²) in [5, 5.41) is 3.37. The van der Waals surface area contributed by atoms with Gasteiger partial charge in [-0.2, -0.15) is 0 Å². The Morgan fingerprint density at radius 2 is 1.53 bits per heavy atom. The Balaban J connectivity index is 1.99. The van der Waals surface area contributed by atoms with Crippen molar-refractivity contribution >= 4 is 39.1 Å². The molecule has 0 radical (unpaired) electrons. The first-order chi connectivity index (χ1) is 18.0. The highest BCUT2D eigenvalue weighted by atomic mass is 35.5. The third kappa shape index (κ3) is 7.26. The summed E-state index contributed by atoms with van der Waals surface area (Å²) < 4.78 is 33.7. The molecular formula is C28H32ClN3O5S. The number of ether oxygens (including phenoxy) is 1. The van der Waals surface area contributed by atoms with E-state index in [-0.39, 0.29) is 23.4 Å². The number of anilines is 1. The molecule has 0 aliphatic rings. The summed E-state index contributed by atoms with van der Waals surface area (Å²) in [5.41, 5.74) is 1.07. The first kappa shape index (κ1) is 29.0. The minimum atomic E-state index is -4.14. The Labute approximate surface area is 229 Å². The van der Waals surface area contributed by atoms with Gasteiger partial charge in [-0.3, -0.25) is 13.9 Å². The van der Waals surface area contributed by atoms with Crippen LogP contribution < -0.4 is 14.4 Å². The van der Waals surface area contributed by atoms with Gasteiger partial charge in [0.1, 0.15) is 18.3 Å². The number of nitrogens with zero attached hydrogens (tertiary/aromatic N) is 2. The number of sulfonamides is 1. The zero-order chi connectivity index (χ0) is 27.9. The van der Waals surface area contributed by atoms with Crippen molar-refractivity contribution in [1.29, 1.82) is 0 Å². The smallest absolute Gasteiger partial charge is 0.264 e. The van der Waals surface area contributed by atoms with Gasteiger partial charge in [-0.05, 0) is 74.9 Å². The van der Waals surface area contributed by atoms with E-state index in [2.05, 4.69) is 5.32 Å². The average Bonchev–Trinajstić information content (AvgIpc) is 2.90. The van der Waals surface area contributed by atoms with Gasteiger partial charge in [0.25, 0.3) is 10.0 Å². The first-order valence-electron chi connectivity index (χ1n) is 12.1. The second-order valence-electron chi connectivity index (χ2n) is 9.01. The summed E-state index contributed by atoms with van der Waals surface area (Å²) in [7, 11) is -2.65. The second-order valence-corrected chi connectivity index (χ2v) is 11.3. The molecule has 0 saturated carbocycles. The van der Waals surface area contributed by atoms with Crippen LogP contribution in [0.5, 0.6) is 5.75 Å². The van der Waals surface area contributed by atoms with E-state index in [0.29, 0.717) is 16.5 Å². The number of carbonyl (C=O) groups excluding carboxylic acids is 2. The highest BCUT2D eigenvalue weighted by Gasteiger charge is 2.32. The van der Waals surface area contributed by atoms with Crippen LogP contribution in [0.1, 0.15) is 26.3 Å². The SMILES string of the molecule is COc1ccc(S(=O)(=O)N(CC(=O)N(Cc2ccc(Cl)cc2)[C@@H](C)C(=O)NC(C)C)c2ccccc2)cc1. The fraction of sp³-hybridized carbons (Fsp3) is 0.286. The minimum Gasteiger partial charge on any atom is -0.497 e. The van der Waals surface area contributed by atoms with E-state index < -0.39 is 28.5 Å². The van der Waals surface area contributed by atoms with E-state index in [1.54, 1.807) is 73.7 Å². The molecule has 0 aromatic heterocycles. The molecule has 0 unspecified atom stereocenters. The minimum absolute atomic E-state index is 0.00445. The molecule has 3 aromatic rings. The van der Waals surface area contributed by atoms with Crippen molar-refractivity contribution in [2.45, 2.75) is 44.3 Å². The fourth-order valence-corrected chi connectivity index (χ4v) is 5.31. The van der Waals surface area contributed by atoms with E-state index in [4.69, 9.17) is 16.3 Å². The van der Waals surface area contributed by atoms with E-state index in [1.165, 1.54) is 24.1 Å². The van der Waals surface area contributed by atoms with E-state index >= 15 is 0 Å². The molecular weight excluding hydrogens is 526 g/mol. The van der Waals surface area contributed by atoms with Crippen molar-refractivity contribution in [2.75, 3.05) is 18.0 Å². The number of hydrogen-bond donors (Lipinski definition) is 1. The standard InChI is InChI=1S/C28H32ClN3O5S/c1-20(2)30-28(34)21(3)31(18-22-10-12-23(29)13-11-22)27(33)19-32(24-8-6-5-7-9-24)38(35,36)26-16-14-25(37-4)15-17-26/h5-17,20-21H,18-19H2,1-4H3,(H,30,34)/t21-/m0/s1. The van der Waals surface area contributed by atoms with Crippen LogP contribution in [0, 0.1) is 0 Å². The lowest BCUT2D eigenvalue weighted by molar-refractivity contribution is -0.139. The van der Waals surface area contributed by atoms with Crippen molar-refractivity contribution in [3.63, 3.8) is 0 Å². The van der Waals surface area contributed by atoms with Gasteiger partial charge >= 0.3 is 0 Å². The van der Waals surface area contributed by atoms with Crippen LogP contribution in [-0.4, -0.2) is 50.9 Å². The summed E-state index contributed by atoms with van der Waals surface area (Å²) in [6, 6.07) is 20.3. The summed E-state index contributed by atoms with van der Waals surface area (Å²) >= 11 is 6.02. The van der Waals surface area contributed by atoms with Crippen molar-refractivity contribution in [1.82, 2.24) is 10.2 Å². The maximum absolute atomic E-state index is 13.8.